The maximum atomic E-state index is 13.8. The number of hydrogen-bond acceptors (Lipinski definition) is 14. The Morgan fingerprint density at radius 3 is 1.97 bits per heavy atom. The Morgan fingerprint density at radius 1 is 0.776 bits per heavy atom. The van der Waals surface area contributed by atoms with Gasteiger partial charge in [-0.25, -0.2) is 4.68 Å². The maximum absolute atomic E-state index is 13.8. The molecule has 2 amide bonds. The van der Waals surface area contributed by atoms with E-state index in [1.165, 1.54) is 0 Å². The molecule has 3 N–H and O–H groups in total. The average molecular weight is 1020 g/mol. The first-order valence-electron chi connectivity index (χ1n) is 18.3. The number of rotatable bonds is 10. The number of nitrogens with one attached hydrogen (secondary N) is 1. The van der Waals surface area contributed by atoms with Crippen LogP contribution in [0, 0.1) is 44.1 Å². The minimum absolute atomic E-state index is 0. The van der Waals surface area contributed by atoms with Crippen molar-refractivity contribution in [3.05, 3.63) is 54.1 Å². The number of carbonyl (C=O) groups excluding carboxylic acids is 6. The summed E-state index contributed by atoms with van der Waals surface area (Å²) in [4.78, 5) is 93.1. The number of carbonyl (C=O) groups is 4. The normalized spacial score (nSPS) is 15.6. The van der Waals surface area contributed by atoms with Crippen molar-refractivity contribution in [3.63, 3.8) is 0 Å². The predicted molar refractivity (Wildman–Crippen MR) is 202 cm³/mol. The van der Waals surface area contributed by atoms with Crippen LogP contribution in [0.25, 0.3) is 22.5 Å². The van der Waals surface area contributed by atoms with Crippen molar-refractivity contribution in [1.29, 1.82) is 0 Å². The summed E-state index contributed by atoms with van der Waals surface area (Å²) in [6.07, 6.45) is 0.596. The van der Waals surface area contributed by atoms with Crippen LogP contribution in [0.15, 0.2) is 48.5 Å². The van der Waals surface area contributed by atoms with E-state index in [0.717, 1.165) is 35.5 Å². The molecule has 5 rings (SSSR count). The van der Waals surface area contributed by atoms with Gasteiger partial charge in [-0.15, -0.1) is 5.10 Å². The van der Waals surface area contributed by atoms with Crippen LogP contribution in [-0.2, 0) is 51.9 Å². The van der Waals surface area contributed by atoms with Gasteiger partial charge in [-0.3, -0.25) is 29.0 Å². The van der Waals surface area contributed by atoms with Gasteiger partial charge in [0.1, 0.15) is 11.7 Å². The zero-order valence-corrected chi connectivity index (χ0v) is 37.7. The Labute approximate surface area is 371 Å². The second-order valence-electron chi connectivity index (χ2n) is 13.5. The number of aryl methyl sites for hydroxylation is 1. The quantitative estimate of drug-likeness (QED) is 0.245. The molecule has 3 heterocycles. The van der Waals surface area contributed by atoms with Crippen molar-refractivity contribution in [2.45, 2.75) is 31.8 Å². The molecule has 0 bridgehead atoms. The summed E-state index contributed by atoms with van der Waals surface area (Å²) in [5.74, 6) is -2.46. The molecule has 1 atom stereocenters. The minimum atomic E-state index is -1.03. The number of hydrogen-bond donors (Lipinski definition) is 3. The summed E-state index contributed by atoms with van der Waals surface area (Å²) >= 11 is 0. The average Bonchev–Trinajstić information content (AvgIpc) is 3.55. The van der Waals surface area contributed by atoms with Crippen LogP contribution in [0.2, 0.25) is 0 Å². The number of para-hydroxylation sites is 1. The fourth-order valence-corrected chi connectivity index (χ4v) is 6.71. The van der Waals surface area contributed by atoms with Gasteiger partial charge in [0, 0.05) is 134 Å². The third-order valence-corrected chi connectivity index (χ3v) is 9.70. The first kappa shape index (κ1) is 49.6. The van der Waals surface area contributed by atoms with Crippen molar-refractivity contribution < 1.29 is 92.6 Å². The second kappa shape index (κ2) is 25.8. The number of aliphatic carboxylic acids is 2. The van der Waals surface area contributed by atoms with Gasteiger partial charge in [0.2, 0.25) is 11.8 Å². The molecule has 1 aromatic heterocycles. The predicted octanol–water partition coefficient (Wildman–Crippen LogP) is 0.134. The number of carboxylic acid groups (broad SMARTS) is 2. The summed E-state index contributed by atoms with van der Waals surface area (Å²) in [5.41, 5.74) is 4.95. The zero-order valence-electron chi connectivity index (χ0n) is 32.9. The number of benzene rings is 2. The van der Waals surface area contributed by atoms with Crippen LogP contribution in [0.4, 0.5) is 5.69 Å². The fourth-order valence-electron chi connectivity index (χ4n) is 6.71. The number of amides is 2. The van der Waals surface area contributed by atoms with Crippen LogP contribution in [0.5, 0.6) is 0 Å². The third-order valence-electron chi connectivity index (χ3n) is 9.70. The van der Waals surface area contributed by atoms with Gasteiger partial charge in [0.05, 0.1) is 24.5 Å². The molecule has 19 nitrogen and oxygen atoms in total. The minimum Gasteiger partial charge on any atom is -0.480 e. The Balaban J connectivity index is 0.00000156. The molecule has 3 aromatic rings. The van der Waals surface area contributed by atoms with Crippen molar-refractivity contribution in [2.75, 3.05) is 84.4 Å². The van der Waals surface area contributed by atoms with Gasteiger partial charge in [-0.2, -0.15) is 19.2 Å². The van der Waals surface area contributed by atoms with Crippen LogP contribution in [0.3, 0.4) is 0 Å². The molecule has 1 unspecified atom stereocenters. The summed E-state index contributed by atoms with van der Waals surface area (Å²) in [5, 5.41) is 31.2. The number of nitrogens with zero attached hydrogens (tertiary/aromatic N) is 8. The summed E-state index contributed by atoms with van der Waals surface area (Å²) in [6, 6.07) is 14.5. The number of carboxylic acids is 2. The van der Waals surface area contributed by atoms with Crippen LogP contribution in [-0.4, -0.2) is 166 Å². The SMILES string of the molecule is CN1CCN(C)CCN(C(CCC(=O)NCCC(=O)N2Cc3ccccc3-c3c(nnn3C)-c3ccccc32)C(=O)O)CCN(CC(=O)O)CC1.O=C=O.O=C=O.[225Ac]. The van der Waals surface area contributed by atoms with Crippen molar-refractivity contribution in [3.8, 4) is 22.5 Å². The van der Waals surface area contributed by atoms with Crippen LogP contribution in [0.1, 0.15) is 24.8 Å². The summed E-state index contributed by atoms with van der Waals surface area (Å²) in [6.45, 7) is 4.99. The van der Waals surface area contributed by atoms with Crippen LogP contribution < -0.4 is 10.2 Å². The second-order valence-corrected chi connectivity index (χ2v) is 13.5. The maximum Gasteiger partial charge on any atom is 0.373 e. The molecule has 309 valence electrons. The number of likely N-dealkylation sites (N-methyl/N-ethyl adjacent to an activating group) is 2. The molecule has 2 aliphatic heterocycles. The molecule has 1 radical (unpaired) electrons. The Kier molecular flexibility index (Phi) is 22.1. The van der Waals surface area contributed by atoms with Crippen molar-refractivity contribution in [2.24, 2.45) is 7.05 Å². The van der Waals surface area contributed by atoms with Gasteiger partial charge < -0.3 is 30.2 Å². The third kappa shape index (κ3) is 15.0. The number of anilines is 1. The standard InChI is InChI=1S/C36H49N9O6.2CO2.Ac/c1-40-16-17-41(2)19-22-44(23-21-43(20-18-40)25-33(48)49)30(36(50)51)12-13-31(46)37-15-14-32(47)45-24-26-8-4-5-9-27(26)35-34(38-39-42(35)3)28-10-6-7-11-29(28)45;2*2-1-3;/h4-11,30H,12-25H2,1-3H3,(H,37,46)(H,48,49)(H,50,51);;;/i;;;1-2. The van der Waals surface area contributed by atoms with E-state index >= 15 is 0 Å². The van der Waals surface area contributed by atoms with Crippen molar-refractivity contribution >= 4 is 41.7 Å². The number of fused-ring (bicyclic) bond motifs is 5. The van der Waals surface area contributed by atoms with Crippen molar-refractivity contribution in [1.82, 2.24) is 39.9 Å². The van der Waals surface area contributed by atoms with Gasteiger partial charge in [-0.1, -0.05) is 47.7 Å². The Hall–Kier alpha value is -4.50. The van der Waals surface area contributed by atoms with E-state index in [-0.39, 0.29) is 101 Å². The smallest absolute Gasteiger partial charge is 0.373 e. The van der Waals surface area contributed by atoms with Gasteiger partial charge in [0.15, 0.2) is 0 Å². The molecule has 0 aliphatic carbocycles. The Morgan fingerprint density at radius 2 is 1.33 bits per heavy atom. The van der Waals surface area contributed by atoms with E-state index in [4.69, 9.17) is 19.2 Å². The van der Waals surface area contributed by atoms with E-state index in [9.17, 15) is 29.4 Å². The topological polar surface area (TPSA) is 236 Å². The molecule has 2 aromatic carbocycles. The molecule has 1 saturated heterocycles. The summed E-state index contributed by atoms with van der Waals surface area (Å²) in [7, 11) is 5.86. The zero-order chi connectivity index (χ0) is 41.9. The molecule has 0 spiro atoms. The van der Waals surface area contributed by atoms with Gasteiger partial charge in [-0.05, 0) is 32.1 Å². The molecule has 58 heavy (non-hydrogen) atoms. The van der Waals surface area contributed by atoms with E-state index in [1.54, 1.807) is 9.58 Å². The van der Waals surface area contributed by atoms with Gasteiger partial charge >= 0.3 is 24.2 Å². The fraction of sp³-hybridized carbons (Fsp3) is 0.474. The molecular formula is C38H49AcN9O10. The molecule has 2 aliphatic rings. The summed E-state index contributed by atoms with van der Waals surface area (Å²) < 4.78 is 1.75. The van der Waals surface area contributed by atoms with Gasteiger partial charge in [0.25, 0.3) is 0 Å². The van der Waals surface area contributed by atoms with E-state index < -0.39 is 18.0 Å². The molecular weight excluding hydrogens is 967 g/mol. The van der Waals surface area contributed by atoms with E-state index in [2.05, 4.69) is 25.4 Å². The first-order valence-corrected chi connectivity index (χ1v) is 18.3. The van der Waals surface area contributed by atoms with E-state index in [0.29, 0.717) is 57.2 Å². The molecule has 20 heteroatoms. The molecule has 0 saturated carbocycles. The van der Waals surface area contributed by atoms with E-state index in [1.807, 2.05) is 79.5 Å². The largest absolute Gasteiger partial charge is 0.480 e. The molecule has 1 fully saturated rings. The van der Waals surface area contributed by atoms with Crippen LogP contribution >= 0.6 is 0 Å². The first-order chi connectivity index (χ1) is 27.3. The number of aromatic nitrogens is 3. The monoisotopic (exact) mass is 1020 g/mol. The Bertz CT molecular complexity index is 1890.